The van der Waals surface area contributed by atoms with Gasteiger partial charge in [0.25, 0.3) is 0 Å². The van der Waals surface area contributed by atoms with Crippen molar-refractivity contribution in [2.24, 2.45) is 5.92 Å². The van der Waals surface area contributed by atoms with Crippen molar-refractivity contribution in [3.63, 3.8) is 0 Å². The minimum atomic E-state index is 0.269. The van der Waals surface area contributed by atoms with Crippen LogP contribution < -0.4 is 5.73 Å². The fraction of sp³-hybridized carbons (Fsp3) is 1.00. The van der Waals surface area contributed by atoms with Crippen molar-refractivity contribution in [3.05, 3.63) is 0 Å². The van der Waals surface area contributed by atoms with Crippen molar-refractivity contribution in [2.45, 2.75) is 38.1 Å². The lowest BCUT2D eigenvalue weighted by Crippen LogP contribution is -2.66. The molecule has 0 bridgehead atoms. The number of hydrogen-bond donors (Lipinski definition) is 2. The molecule has 2 heteroatoms. The molecule has 0 saturated heterocycles. The van der Waals surface area contributed by atoms with E-state index in [0.717, 1.165) is 0 Å². The van der Waals surface area contributed by atoms with E-state index in [1.807, 2.05) is 0 Å². The van der Waals surface area contributed by atoms with E-state index in [-0.39, 0.29) is 6.61 Å². The van der Waals surface area contributed by atoms with Gasteiger partial charge in [-0.25, -0.2) is 0 Å². The van der Waals surface area contributed by atoms with Gasteiger partial charge in [-0.05, 0) is 12.8 Å². The van der Waals surface area contributed by atoms with Gasteiger partial charge in [-0.3, -0.25) is 0 Å². The average Bonchev–Trinajstić information content (AvgIpc) is 2.05. The highest BCUT2D eigenvalue weighted by atomic mass is 16.3. The molecule has 0 radical (unpaired) electrons. The van der Waals surface area contributed by atoms with Crippen molar-refractivity contribution >= 4 is 0 Å². The highest BCUT2D eigenvalue weighted by molar-refractivity contribution is 4.71. The van der Waals surface area contributed by atoms with Gasteiger partial charge >= 0.3 is 0 Å². The largest absolute Gasteiger partial charge is 0.390 e. The lowest BCUT2D eigenvalue weighted by atomic mass is 9.85. The minimum Gasteiger partial charge on any atom is -0.390 e. The Balaban J connectivity index is 2.24. The zero-order valence-electron chi connectivity index (χ0n) is 6.55. The van der Waals surface area contributed by atoms with Crippen LogP contribution in [-0.4, -0.2) is 17.8 Å². The average molecular weight is 144 g/mol. The van der Waals surface area contributed by atoms with Crippen LogP contribution in [0.4, 0.5) is 0 Å². The molecule has 4 N–H and O–H groups in total. The Kier molecular flexibility index (Phi) is 3.16. The zero-order chi connectivity index (χ0) is 7.40. The van der Waals surface area contributed by atoms with E-state index in [0.29, 0.717) is 12.0 Å². The SMILES string of the molecule is [NH3+][C@H](CO)C1CCCCC1. The van der Waals surface area contributed by atoms with Gasteiger partial charge < -0.3 is 10.8 Å². The number of hydrogen-bond acceptors (Lipinski definition) is 1. The second-order valence-electron chi connectivity index (χ2n) is 3.34. The van der Waals surface area contributed by atoms with E-state index in [4.69, 9.17) is 5.11 Å². The van der Waals surface area contributed by atoms with E-state index in [1.165, 1.54) is 32.1 Å². The Labute approximate surface area is 62.4 Å². The Morgan fingerprint density at radius 2 is 1.90 bits per heavy atom. The van der Waals surface area contributed by atoms with Gasteiger partial charge in [0.05, 0.1) is 6.61 Å². The molecule has 0 aromatic rings. The Morgan fingerprint density at radius 3 is 2.40 bits per heavy atom. The van der Waals surface area contributed by atoms with Gasteiger partial charge in [0.15, 0.2) is 0 Å². The summed E-state index contributed by atoms with van der Waals surface area (Å²) in [6.07, 6.45) is 6.64. The van der Waals surface area contributed by atoms with Crippen molar-refractivity contribution in [1.82, 2.24) is 0 Å². The molecule has 1 atom stereocenters. The Bertz CT molecular complexity index is 89.3. The highest BCUT2D eigenvalue weighted by Crippen LogP contribution is 2.24. The van der Waals surface area contributed by atoms with Crippen LogP contribution in [0.5, 0.6) is 0 Å². The maximum absolute atomic E-state index is 8.82. The Hall–Kier alpha value is -0.0800. The van der Waals surface area contributed by atoms with Gasteiger partial charge in [-0.1, -0.05) is 19.3 Å². The summed E-state index contributed by atoms with van der Waals surface area (Å²) in [4.78, 5) is 0. The highest BCUT2D eigenvalue weighted by Gasteiger charge is 2.21. The molecule has 2 nitrogen and oxygen atoms in total. The fourth-order valence-electron chi connectivity index (χ4n) is 1.75. The van der Waals surface area contributed by atoms with Crippen molar-refractivity contribution in [3.8, 4) is 0 Å². The molecule has 10 heavy (non-hydrogen) atoms. The van der Waals surface area contributed by atoms with E-state index in [1.54, 1.807) is 0 Å². The molecule has 0 aromatic carbocycles. The monoisotopic (exact) mass is 144 g/mol. The molecule has 1 fully saturated rings. The molecule has 0 aliphatic heterocycles. The quantitative estimate of drug-likeness (QED) is 0.570. The fourth-order valence-corrected chi connectivity index (χ4v) is 1.75. The minimum absolute atomic E-state index is 0.269. The normalized spacial score (nSPS) is 24.6. The van der Waals surface area contributed by atoms with Crippen LogP contribution in [-0.2, 0) is 0 Å². The molecule has 0 heterocycles. The summed E-state index contributed by atoms with van der Waals surface area (Å²) >= 11 is 0. The maximum Gasteiger partial charge on any atom is 0.111 e. The third-order valence-electron chi connectivity index (χ3n) is 2.55. The van der Waals surface area contributed by atoms with Gasteiger partial charge in [0, 0.05) is 5.92 Å². The summed E-state index contributed by atoms with van der Waals surface area (Å²) in [7, 11) is 0. The number of rotatable bonds is 2. The van der Waals surface area contributed by atoms with Gasteiger partial charge in [0.2, 0.25) is 0 Å². The molecule has 0 aromatic heterocycles. The topological polar surface area (TPSA) is 47.9 Å². The first-order chi connectivity index (χ1) is 4.84. The molecular weight excluding hydrogens is 126 g/mol. The van der Waals surface area contributed by atoms with E-state index >= 15 is 0 Å². The van der Waals surface area contributed by atoms with Gasteiger partial charge in [0.1, 0.15) is 6.04 Å². The van der Waals surface area contributed by atoms with E-state index in [9.17, 15) is 0 Å². The maximum atomic E-state index is 8.82. The zero-order valence-corrected chi connectivity index (χ0v) is 6.55. The van der Waals surface area contributed by atoms with Crippen LogP contribution in [0.1, 0.15) is 32.1 Å². The lowest BCUT2D eigenvalue weighted by molar-refractivity contribution is -0.440. The summed E-state index contributed by atoms with van der Waals surface area (Å²) in [5.74, 6) is 0.707. The summed E-state index contributed by atoms with van der Waals surface area (Å²) in [5.41, 5.74) is 3.93. The van der Waals surface area contributed by atoms with Crippen LogP contribution in [0.2, 0.25) is 0 Å². The van der Waals surface area contributed by atoms with Gasteiger partial charge in [-0.2, -0.15) is 0 Å². The van der Waals surface area contributed by atoms with Gasteiger partial charge in [-0.15, -0.1) is 0 Å². The van der Waals surface area contributed by atoms with Crippen LogP contribution in [0.25, 0.3) is 0 Å². The smallest absolute Gasteiger partial charge is 0.111 e. The van der Waals surface area contributed by atoms with Crippen LogP contribution in [0.15, 0.2) is 0 Å². The molecule has 1 saturated carbocycles. The van der Waals surface area contributed by atoms with E-state index in [2.05, 4.69) is 5.73 Å². The molecule has 1 aliphatic carbocycles. The molecule has 0 amide bonds. The summed E-state index contributed by atoms with van der Waals surface area (Å²) in [6, 6.07) is 0.292. The molecule has 0 spiro atoms. The summed E-state index contributed by atoms with van der Waals surface area (Å²) in [6.45, 7) is 0.269. The second kappa shape index (κ2) is 3.94. The van der Waals surface area contributed by atoms with E-state index < -0.39 is 0 Å². The molecule has 1 aliphatic rings. The van der Waals surface area contributed by atoms with Crippen molar-refractivity contribution in [1.29, 1.82) is 0 Å². The standard InChI is InChI=1S/C8H17NO/c9-8(6-10)7-4-2-1-3-5-7/h7-8,10H,1-6,9H2/p+1/t8-/m1/s1. The first kappa shape index (κ1) is 8.02. The lowest BCUT2D eigenvalue weighted by Gasteiger charge is -2.23. The molecule has 1 rings (SSSR count). The second-order valence-corrected chi connectivity index (χ2v) is 3.34. The number of aliphatic hydroxyl groups excluding tert-OH is 1. The third-order valence-corrected chi connectivity index (χ3v) is 2.55. The van der Waals surface area contributed by atoms with Crippen LogP contribution >= 0.6 is 0 Å². The first-order valence-corrected chi connectivity index (χ1v) is 4.28. The number of aliphatic hydroxyl groups is 1. The summed E-state index contributed by atoms with van der Waals surface area (Å²) < 4.78 is 0. The molecular formula is C8H18NO+. The first-order valence-electron chi connectivity index (χ1n) is 4.28. The summed E-state index contributed by atoms with van der Waals surface area (Å²) in [5, 5.41) is 8.82. The number of quaternary nitrogens is 1. The Morgan fingerprint density at radius 1 is 1.30 bits per heavy atom. The molecule has 60 valence electrons. The predicted molar refractivity (Wildman–Crippen MR) is 40.3 cm³/mol. The predicted octanol–water partition coefficient (Wildman–Crippen LogP) is 0.169. The van der Waals surface area contributed by atoms with Crippen LogP contribution in [0.3, 0.4) is 0 Å². The van der Waals surface area contributed by atoms with Crippen LogP contribution in [0, 0.1) is 5.92 Å². The third kappa shape index (κ3) is 1.96. The van der Waals surface area contributed by atoms with Crippen molar-refractivity contribution in [2.75, 3.05) is 6.61 Å². The molecule has 0 unspecified atom stereocenters. The van der Waals surface area contributed by atoms with Crippen molar-refractivity contribution < 1.29 is 10.8 Å².